The molecule has 0 bridgehead atoms. The highest BCUT2D eigenvalue weighted by molar-refractivity contribution is 5.94. The zero-order valence-corrected chi connectivity index (χ0v) is 17.2. The van der Waals surface area contributed by atoms with E-state index >= 15 is 0 Å². The molecule has 12 heteroatoms. The fourth-order valence-electron chi connectivity index (χ4n) is 3.07. The summed E-state index contributed by atoms with van der Waals surface area (Å²) >= 11 is 0. The van der Waals surface area contributed by atoms with Crippen molar-refractivity contribution in [2.45, 2.75) is 63.7 Å². The number of aliphatic carboxylic acids is 1. The van der Waals surface area contributed by atoms with Crippen LogP contribution in [0.1, 0.15) is 39.5 Å². The molecule has 1 saturated heterocycles. The van der Waals surface area contributed by atoms with Gasteiger partial charge in [0.2, 0.25) is 23.6 Å². The summed E-state index contributed by atoms with van der Waals surface area (Å²) in [7, 11) is 0. The lowest BCUT2D eigenvalue weighted by Gasteiger charge is -2.29. The minimum atomic E-state index is -1.33. The van der Waals surface area contributed by atoms with Gasteiger partial charge in [-0.25, -0.2) is 4.79 Å². The van der Waals surface area contributed by atoms with E-state index in [1.165, 1.54) is 4.90 Å². The van der Waals surface area contributed by atoms with Crippen LogP contribution in [0.5, 0.6) is 0 Å². The van der Waals surface area contributed by atoms with Gasteiger partial charge in [0.05, 0.1) is 12.6 Å². The summed E-state index contributed by atoms with van der Waals surface area (Å²) in [5.74, 6) is -4.17. The molecule has 4 unspecified atom stereocenters. The topological polar surface area (TPSA) is 205 Å². The number of hydrogen-bond acceptors (Lipinski definition) is 7. The molecule has 1 rings (SSSR count). The lowest BCUT2D eigenvalue weighted by Crippen LogP contribution is -2.58. The Morgan fingerprint density at radius 1 is 1.13 bits per heavy atom. The van der Waals surface area contributed by atoms with Crippen molar-refractivity contribution in [3.8, 4) is 0 Å². The molecular weight excluding hydrogens is 398 g/mol. The van der Waals surface area contributed by atoms with Crippen molar-refractivity contribution < 1.29 is 34.2 Å². The molecule has 12 nitrogen and oxygen atoms in total. The van der Waals surface area contributed by atoms with E-state index in [1.54, 1.807) is 13.8 Å². The molecule has 1 heterocycles. The van der Waals surface area contributed by atoms with Crippen LogP contribution >= 0.6 is 0 Å². The molecule has 4 atom stereocenters. The average molecular weight is 429 g/mol. The van der Waals surface area contributed by atoms with Crippen LogP contribution in [0.25, 0.3) is 0 Å². The first kappa shape index (κ1) is 25.3. The maximum atomic E-state index is 12.8. The van der Waals surface area contributed by atoms with E-state index in [2.05, 4.69) is 10.6 Å². The van der Waals surface area contributed by atoms with E-state index in [4.69, 9.17) is 11.5 Å². The maximum absolute atomic E-state index is 12.8. The van der Waals surface area contributed by atoms with Crippen molar-refractivity contribution in [1.29, 1.82) is 0 Å². The second-order valence-corrected chi connectivity index (χ2v) is 7.61. The Bertz CT molecular complexity index is 669. The number of nitrogens with two attached hydrogens (primary N) is 2. The number of carboxylic acids is 1. The second-order valence-electron chi connectivity index (χ2n) is 7.61. The fourth-order valence-corrected chi connectivity index (χ4v) is 3.07. The smallest absolute Gasteiger partial charge is 0.326 e. The molecule has 0 aromatic carbocycles. The molecule has 8 N–H and O–H groups in total. The quantitative estimate of drug-likeness (QED) is 0.203. The van der Waals surface area contributed by atoms with Gasteiger partial charge in [-0.2, -0.15) is 0 Å². The maximum Gasteiger partial charge on any atom is 0.326 e. The number of carbonyl (C=O) groups is 5. The number of aliphatic hydroxyl groups excluding tert-OH is 1. The number of rotatable bonds is 11. The highest BCUT2D eigenvalue weighted by Gasteiger charge is 2.39. The molecule has 0 radical (unpaired) electrons. The van der Waals surface area contributed by atoms with Gasteiger partial charge >= 0.3 is 5.97 Å². The SMILES string of the molecule is CC(C)C(N)C(=O)NC(CO)C(=O)N1CCCC1C(=O)NC(CCC(N)=O)C(=O)O. The first-order valence-electron chi connectivity index (χ1n) is 9.78. The van der Waals surface area contributed by atoms with Crippen LogP contribution in [0.3, 0.4) is 0 Å². The number of carbonyl (C=O) groups excluding carboxylic acids is 4. The molecular formula is C18H31N5O7. The zero-order chi connectivity index (χ0) is 23.0. The molecule has 0 aromatic rings. The number of amides is 4. The van der Waals surface area contributed by atoms with Crippen molar-refractivity contribution in [2.75, 3.05) is 13.2 Å². The van der Waals surface area contributed by atoms with Crippen LogP contribution in [0, 0.1) is 5.92 Å². The van der Waals surface area contributed by atoms with Gasteiger partial charge in [0, 0.05) is 13.0 Å². The molecule has 4 amide bonds. The molecule has 170 valence electrons. The Hall–Kier alpha value is -2.73. The molecule has 0 aliphatic carbocycles. The Balaban J connectivity index is 2.83. The van der Waals surface area contributed by atoms with E-state index in [9.17, 15) is 34.2 Å². The van der Waals surface area contributed by atoms with Gasteiger partial charge in [0.15, 0.2) is 0 Å². The first-order chi connectivity index (χ1) is 14.0. The number of hydrogen-bond donors (Lipinski definition) is 6. The summed E-state index contributed by atoms with van der Waals surface area (Å²) in [6, 6.07) is -4.44. The summed E-state index contributed by atoms with van der Waals surface area (Å²) in [6.07, 6.45) is 0.372. The zero-order valence-electron chi connectivity index (χ0n) is 17.2. The molecule has 1 fully saturated rings. The normalized spacial score (nSPS) is 19.1. The number of primary amides is 1. The van der Waals surface area contributed by atoms with Crippen molar-refractivity contribution in [3.05, 3.63) is 0 Å². The minimum absolute atomic E-state index is 0.181. The third kappa shape index (κ3) is 6.95. The van der Waals surface area contributed by atoms with Crippen molar-refractivity contribution >= 4 is 29.6 Å². The molecule has 0 aromatic heterocycles. The fraction of sp³-hybridized carbons (Fsp3) is 0.722. The highest BCUT2D eigenvalue weighted by atomic mass is 16.4. The van der Waals surface area contributed by atoms with E-state index < -0.39 is 60.4 Å². The lowest BCUT2D eigenvalue weighted by molar-refractivity contribution is -0.145. The van der Waals surface area contributed by atoms with E-state index in [0.29, 0.717) is 6.42 Å². The Morgan fingerprint density at radius 2 is 1.77 bits per heavy atom. The van der Waals surface area contributed by atoms with Gasteiger partial charge in [-0.15, -0.1) is 0 Å². The Kier molecular flexibility index (Phi) is 9.66. The second kappa shape index (κ2) is 11.5. The van der Waals surface area contributed by atoms with Gasteiger partial charge < -0.3 is 37.2 Å². The number of nitrogens with one attached hydrogen (secondary N) is 2. The molecule has 1 aliphatic rings. The van der Waals surface area contributed by atoms with Crippen LogP contribution in [0.15, 0.2) is 0 Å². The largest absolute Gasteiger partial charge is 0.480 e. The number of aliphatic hydroxyl groups is 1. The highest BCUT2D eigenvalue weighted by Crippen LogP contribution is 2.19. The number of carboxylic acid groups (broad SMARTS) is 1. The Morgan fingerprint density at radius 3 is 2.27 bits per heavy atom. The van der Waals surface area contributed by atoms with E-state index in [-0.39, 0.29) is 31.7 Å². The minimum Gasteiger partial charge on any atom is -0.480 e. The van der Waals surface area contributed by atoms with Crippen molar-refractivity contribution in [1.82, 2.24) is 15.5 Å². The van der Waals surface area contributed by atoms with Crippen LogP contribution < -0.4 is 22.1 Å². The van der Waals surface area contributed by atoms with E-state index in [1.807, 2.05) is 0 Å². The monoisotopic (exact) mass is 429 g/mol. The van der Waals surface area contributed by atoms with Crippen LogP contribution in [-0.2, 0) is 24.0 Å². The summed E-state index contributed by atoms with van der Waals surface area (Å²) in [6.45, 7) is 2.99. The average Bonchev–Trinajstić information content (AvgIpc) is 3.17. The molecule has 1 aliphatic heterocycles. The number of likely N-dealkylation sites (tertiary alicyclic amines) is 1. The van der Waals surface area contributed by atoms with Gasteiger partial charge in [-0.3, -0.25) is 19.2 Å². The van der Waals surface area contributed by atoms with Gasteiger partial charge in [-0.05, 0) is 25.2 Å². The van der Waals surface area contributed by atoms with Crippen molar-refractivity contribution in [3.63, 3.8) is 0 Å². The first-order valence-corrected chi connectivity index (χ1v) is 9.78. The van der Waals surface area contributed by atoms with Gasteiger partial charge in [-0.1, -0.05) is 13.8 Å². The van der Waals surface area contributed by atoms with E-state index in [0.717, 1.165) is 0 Å². The number of nitrogens with zero attached hydrogens (tertiary/aromatic N) is 1. The third-order valence-electron chi connectivity index (χ3n) is 4.95. The van der Waals surface area contributed by atoms with Gasteiger partial charge in [0.1, 0.15) is 18.1 Å². The van der Waals surface area contributed by atoms with Crippen molar-refractivity contribution in [2.24, 2.45) is 17.4 Å². The third-order valence-corrected chi connectivity index (χ3v) is 4.95. The Labute approximate surface area is 174 Å². The molecule has 0 spiro atoms. The van der Waals surface area contributed by atoms with Gasteiger partial charge in [0.25, 0.3) is 0 Å². The van der Waals surface area contributed by atoms with Crippen LogP contribution in [-0.4, -0.2) is 82.0 Å². The predicted octanol–water partition coefficient (Wildman–Crippen LogP) is -2.73. The summed E-state index contributed by atoms with van der Waals surface area (Å²) < 4.78 is 0. The molecule has 30 heavy (non-hydrogen) atoms. The lowest BCUT2D eigenvalue weighted by atomic mass is 10.0. The standard InChI is InChI=1S/C18H31N5O7/c1-9(2)14(20)16(27)22-11(8-24)17(28)23-7-3-4-12(23)15(26)21-10(18(29)30)5-6-13(19)25/h9-12,14,24H,3-8,20H2,1-2H3,(H2,19,25)(H,21,26)(H,22,27)(H,29,30). The summed E-state index contributed by atoms with van der Waals surface area (Å²) in [5.41, 5.74) is 10.8. The molecule has 0 saturated carbocycles. The predicted molar refractivity (Wildman–Crippen MR) is 105 cm³/mol. The van der Waals surface area contributed by atoms with Crippen LogP contribution in [0.4, 0.5) is 0 Å². The summed E-state index contributed by atoms with van der Waals surface area (Å²) in [4.78, 5) is 61.0. The summed E-state index contributed by atoms with van der Waals surface area (Å²) in [5, 5.41) is 23.5. The van der Waals surface area contributed by atoms with Crippen LogP contribution in [0.2, 0.25) is 0 Å².